The number of rotatable bonds is 16. The van der Waals surface area contributed by atoms with Crippen LogP contribution in [0.3, 0.4) is 0 Å². The van der Waals surface area contributed by atoms with Gasteiger partial charge in [-0.15, -0.1) is 0 Å². The van der Waals surface area contributed by atoms with E-state index in [9.17, 15) is 9.59 Å². The first-order valence-corrected chi connectivity index (χ1v) is 11.9. The van der Waals surface area contributed by atoms with Crippen molar-refractivity contribution in [2.45, 2.75) is 114 Å². The SMILES string of the molecule is CCCCCCC1OC1CCCC/C=C\CCCCCC1SC(=O)NC1=O. The lowest BCUT2D eigenvalue weighted by molar-refractivity contribution is -0.119. The number of hydrogen-bond donors (Lipinski definition) is 1. The van der Waals surface area contributed by atoms with Gasteiger partial charge in [0.2, 0.25) is 5.91 Å². The van der Waals surface area contributed by atoms with Crippen LogP contribution >= 0.6 is 11.8 Å². The summed E-state index contributed by atoms with van der Waals surface area (Å²) in [6.07, 6.45) is 22.6. The fourth-order valence-corrected chi connectivity index (χ4v) is 4.52. The maximum Gasteiger partial charge on any atom is 0.286 e. The number of unbranched alkanes of at least 4 members (excludes halogenated alkanes) is 8. The predicted octanol–water partition coefficient (Wildman–Crippen LogP) is 6.14. The second-order valence-electron chi connectivity index (χ2n) is 7.84. The van der Waals surface area contributed by atoms with Gasteiger partial charge in [0.25, 0.3) is 5.24 Å². The second-order valence-corrected chi connectivity index (χ2v) is 9.01. The van der Waals surface area contributed by atoms with Crippen LogP contribution in [0.5, 0.6) is 0 Å². The molecule has 1 N–H and O–H groups in total. The standard InChI is InChI=1S/C22H37NO3S/c1-2-3-4-12-15-18-19(26-18)16-13-10-8-6-5-7-9-11-14-17-20-21(24)23-22(25)27-20/h5-6,18-20H,2-4,7-17H2,1H3,(H,23,24,25)/b6-5-. The average Bonchev–Trinajstić information content (AvgIpc) is 3.32. The highest BCUT2D eigenvalue weighted by atomic mass is 32.2. The first-order valence-electron chi connectivity index (χ1n) is 11.0. The zero-order valence-electron chi connectivity index (χ0n) is 16.9. The predicted molar refractivity (Wildman–Crippen MR) is 113 cm³/mol. The van der Waals surface area contributed by atoms with Gasteiger partial charge in [-0.05, 0) is 44.9 Å². The third-order valence-corrected chi connectivity index (χ3v) is 6.46. The quantitative estimate of drug-likeness (QED) is 0.194. The van der Waals surface area contributed by atoms with Crippen LogP contribution < -0.4 is 5.32 Å². The Kier molecular flexibility index (Phi) is 11.1. The Morgan fingerprint density at radius 3 is 2.07 bits per heavy atom. The lowest BCUT2D eigenvalue weighted by Gasteiger charge is -2.03. The van der Waals surface area contributed by atoms with Gasteiger partial charge in [-0.1, -0.05) is 75.8 Å². The molecule has 154 valence electrons. The molecule has 0 aromatic rings. The zero-order chi connectivity index (χ0) is 19.3. The molecule has 27 heavy (non-hydrogen) atoms. The van der Waals surface area contributed by atoms with E-state index in [1.54, 1.807) is 0 Å². The van der Waals surface area contributed by atoms with Crippen LogP contribution in [0.25, 0.3) is 0 Å². The number of carbonyl (C=O) groups excluding carboxylic acids is 2. The van der Waals surface area contributed by atoms with E-state index in [0.717, 1.165) is 37.4 Å². The first-order chi connectivity index (χ1) is 13.2. The number of ether oxygens (including phenoxy) is 1. The number of imide groups is 1. The highest BCUT2D eigenvalue weighted by Gasteiger charge is 2.36. The van der Waals surface area contributed by atoms with Gasteiger partial charge in [0.1, 0.15) is 0 Å². The molecule has 0 aromatic heterocycles. The minimum absolute atomic E-state index is 0.107. The smallest absolute Gasteiger partial charge is 0.286 e. The van der Waals surface area contributed by atoms with Crippen LogP contribution in [0.1, 0.15) is 96.8 Å². The number of thioether (sulfide) groups is 1. The summed E-state index contributed by atoms with van der Waals surface area (Å²) in [5.74, 6) is -0.107. The molecule has 2 aliphatic rings. The Balaban J connectivity index is 1.32. The summed E-state index contributed by atoms with van der Waals surface area (Å²) in [5.41, 5.74) is 0. The van der Waals surface area contributed by atoms with E-state index in [1.807, 2.05) is 0 Å². The average molecular weight is 396 g/mol. The fraction of sp³-hybridized carbons (Fsp3) is 0.818. The molecule has 2 rings (SSSR count). The molecule has 3 unspecified atom stereocenters. The number of amides is 2. The zero-order valence-corrected chi connectivity index (χ0v) is 17.7. The van der Waals surface area contributed by atoms with E-state index in [0.29, 0.717) is 12.2 Å². The Morgan fingerprint density at radius 1 is 0.852 bits per heavy atom. The Labute approximate surface area is 169 Å². The molecule has 2 amide bonds. The van der Waals surface area contributed by atoms with Crippen LogP contribution in [0, 0.1) is 0 Å². The molecular formula is C22H37NO3S. The van der Waals surface area contributed by atoms with Gasteiger partial charge in [0, 0.05) is 0 Å². The summed E-state index contributed by atoms with van der Waals surface area (Å²) in [7, 11) is 0. The third kappa shape index (κ3) is 9.79. The first kappa shape index (κ1) is 22.5. The maximum absolute atomic E-state index is 11.4. The molecule has 2 saturated heterocycles. The topological polar surface area (TPSA) is 58.7 Å². The fourth-order valence-electron chi connectivity index (χ4n) is 3.65. The Hall–Kier alpha value is -0.810. The van der Waals surface area contributed by atoms with Gasteiger partial charge in [0.05, 0.1) is 17.5 Å². The van der Waals surface area contributed by atoms with Crippen molar-refractivity contribution in [3.05, 3.63) is 12.2 Å². The van der Waals surface area contributed by atoms with E-state index >= 15 is 0 Å². The van der Waals surface area contributed by atoms with Crippen molar-refractivity contribution in [1.82, 2.24) is 5.32 Å². The van der Waals surface area contributed by atoms with E-state index < -0.39 is 0 Å². The molecule has 0 saturated carbocycles. The largest absolute Gasteiger partial charge is 0.370 e. The summed E-state index contributed by atoms with van der Waals surface area (Å²) in [6, 6.07) is 0. The number of nitrogens with one attached hydrogen (secondary N) is 1. The Morgan fingerprint density at radius 2 is 1.44 bits per heavy atom. The van der Waals surface area contributed by atoms with Crippen molar-refractivity contribution in [3.8, 4) is 0 Å². The van der Waals surface area contributed by atoms with Crippen molar-refractivity contribution in [1.29, 1.82) is 0 Å². The highest BCUT2D eigenvalue weighted by molar-refractivity contribution is 8.15. The molecule has 4 nitrogen and oxygen atoms in total. The highest BCUT2D eigenvalue weighted by Crippen LogP contribution is 2.31. The molecule has 2 fully saturated rings. The van der Waals surface area contributed by atoms with Crippen LogP contribution in [0.15, 0.2) is 12.2 Å². The minimum Gasteiger partial charge on any atom is -0.370 e. The minimum atomic E-state index is -0.191. The summed E-state index contributed by atoms with van der Waals surface area (Å²) < 4.78 is 5.77. The number of hydrogen-bond acceptors (Lipinski definition) is 4. The summed E-state index contributed by atoms with van der Waals surface area (Å²) in [4.78, 5) is 22.5. The van der Waals surface area contributed by atoms with Gasteiger partial charge in [-0.2, -0.15) is 0 Å². The van der Waals surface area contributed by atoms with E-state index in [2.05, 4.69) is 24.4 Å². The molecule has 3 atom stereocenters. The van der Waals surface area contributed by atoms with Crippen LogP contribution in [0.2, 0.25) is 0 Å². The molecular weight excluding hydrogens is 358 g/mol. The van der Waals surface area contributed by atoms with Crippen molar-refractivity contribution >= 4 is 22.9 Å². The van der Waals surface area contributed by atoms with Gasteiger partial charge < -0.3 is 4.74 Å². The molecule has 0 spiro atoms. The molecule has 0 aliphatic carbocycles. The second kappa shape index (κ2) is 13.4. The maximum atomic E-state index is 11.4. The van der Waals surface area contributed by atoms with E-state index in [1.165, 1.54) is 64.2 Å². The monoisotopic (exact) mass is 395 g/mol. The van der Waals surface area contributed by atoms with Crippen molar-refractivity contribution in [2.75, 3.05) is 0 Å². The van der Waals surface area contributed by atoms with E-state index in [4.69, 9.17) is 4.74 Å². The number of epoxide rings is 1. The summed E-state index contributed by atoms with van der Waals surface area (Å²) in [5, 5.41) is 2.00. The Bertz CT molecular complexity index is 480. The van der Waals surface area contributed by atoms with Crippen molar-refractivity contribution in [2.24, 2.45) is 0 Å². The number of carbonyl (C=O) groups is 2. The molecule has 0 aromatic carbocycles. The van der Waals surface area contributed by atoms with Gasteiger partial charge in [-0.3, -0.25) is 14.9 Å². The summed E-state index contributed by atoms with van der Waals surface area (Å²) in [6.45, 7) is 2.26. The normalized spacial score (nSPS) is 24.7. The lowest BCUT2D eigenvalue weighted by Crippen LogP contribution is -2.23. The summed E-state index contributed by atoms with van der Waals surface area (Å²) >= 11 is 1.14. The van der Waals surface area contributed by atoms with Gasteiger partial charge in [-0.25, -0.2) is 0 Å². The van der Waals surface area contributed by atoms with Crippen molar-refractivity contribution < 1.29 is 14.3 Å². The molecule has 0 radical (unpaired) electrons. The lowest BCUT2D eigenvalue weighted by atomic mass is 10.1. The van der Waals surface area contributed by atoms with Crippen LogP contribution in [-0.2, 0) is 9.53 Å². The van der Waals surface area contributed by atoms with E-state index in [-0.39, 0.29) is 16.4 Å². The van der Waals surface area contributed by atoms with Gasteiger partial charge >= 0.3 is 0 Å². The molecule has 2 heterocycles. The molecule has 0 bridgehead atoms. The number of allylic oxidation sites excluding steroid dienone is 2. The molecule has 5 heteroatoms. The van der Waals surface area contributed by atoms with Crippen molar-refractivity contribution in [3.63, 3.8) is 0 Å². The van der Waals surface area contributed by atoms with Gasteiger partial charge in [0.15, 0.2) is 0 Å². The van der Waals surface area contributed by atoms with Crippen LogP contribution in [0.4, 0.5) is 4.79 Å². The molecule has 2 aliphatic heterocycles. The third-order valence-electron chi connectivity index (χ3n) is 5.41. The van der Waals surface area contributed by atoms with Crippen LogP contribution in [-0.4, -0.2) is 28.6 Å².